The van der Waals surface area contributed by atoms with Crippen molar-refractivity contribution in [2.75, 3.05) is 0 Å². The summed E-state index contributed by atoms with van der Waals surface area (Å²) in [5.74, 6) is -0.892. The Bertz CT molecular complexity index is 229. The van der Waals surface area contributed by atoms with Gasteiger partial charge in [0.1, 0.15) is 12.1 Å². The highest BCUT2D eigenvalue weighted by Crippen LogP contribution is 2.04. The molecular weight excluding hydrogens is 196 g/mol. The Morgan fingerprint density at radius 3 is 2.27 bits per heavy atom. The number of nitrogens with two attached hydrogens (primary N) is 1. The van der Waals surface area contributed by atoms with Crippen molar-refractivity contribution < 1.29 is 14.7 Å². The van der Waals surface area contributed by atoms with E-state index in [2.05, 4.69) is 5.32 Å². The van der Waals surface area contributed by atoms with Gasteiger partial charge in [-0.15, -0.1) is 0 Å². The van der Waals surface area contributed by atoms with Gasteiger partial charge in [0.15, 0.2) is 0 Å². The molecule has 0 aliphatic carbocycles. The summed E-state index contributed by atoms with van der Waals surface area (Å²) in [6, 6.07) is -0.695. The van der Waals surface area contributed by atoms with Crippen molar-refractivity contribution in [1.29, 1.82) is 0 Å². The first-order valence-corrected chi connectivity index (χ1v) is 5.16. The molecule has 2 amide bonds. The first kappa shape index (κ1) is 13.9. The second-order valence-electron chi connectivity index (χ2n) is 4.02. The van der Waals surface area contributed by atoms with Crippen LogP contribution in [0.1, 0.15) is 33.6 Å². The van der Waals surface area contributed by atoms with Crippen molar-refractivity contribution in [3.63, 3.8) is 0 Å². The van der Waals surface area contributed by atoms with Crippen LogP contribution in [0.4, 0.5) is 0 Å². The Labute approximate surface area is 90.0 Å². The van der Waals surface area contributed by atoms with Gasteiger partial charge in [0.2, 0.25) is 11.8 Å². The molecule has 0 bridgehead atoms. The van der Waals surface area contributed by atoms with E-state index in [1.807, 2.05) is 13.8 Å². The monoisotopic (exact) mass is 216 g/mol. The molecule has 5 nitrogen and oxygen atoms in total. The van der Waals surface area contributed by atoms with E-state index in [0.717, 1.165) is 0 Å². The quantitative estimate of drug-likeness (QED) is 0.572. The fraction of sp³-hybridized carbons (Fsp3) is 0.800. The van der Waals surface area contributed by atoms with Gasteiger partial charge in [-0.2, -0.15) is 0 Å². The summed E-state index contributed by atoms with van der Waals surface area (Å²) in [6.07, 6.45) is -0.269. The standard InChI is InChI=1S/C10H20N2O3/c1-4-7(9(11)14)12-10(15)8(13)5-6(2)3/h6-8,13H,4-5H2,1-3H3,(H2,11,14)(H,12,15)/t7-,8+/m0/s1. The minimum atomic E-state index is -1.07. The van der Waals surface area contributed by atoms with Gasteiger partial charge in [-0.05, 0) is 18.8 Å². The molecule has 5 heteroatoms. The van der Waals surface area contributed by atoms with E-state index < -0.39 is 24.0 Å². The van der Waals surface area contributed by atoms with Crippen LogP contribution in [0.25, 0.3) is 0 Å². The normalized spacial score (nSPS) is 14.7. The Kier molecular flexibility index (Phi) is 5.93. The highest BCUT2D eigenvalue weighted by atomic mass is 16.3. The van der Waals surface area contributed by atoms with Crippen LogP contribution in [0.3, 0.4) is 0 Å². The van der Waals surface area contributed by atoms with Crippen LogP contribution < -0.4 is 11.1 Å². The zero-order chi connectivity index (χ0) is 12.0. The van der Waals surface area contributed by atoms with Gasteiger partial charge in [-0.25, -0.2) is 0 Å². The molecule has 88 valence electrons. The number of aliphatic hydroxyl groups is 1. The van der Waals surface area contributed by atoms with Crippen molar-refractivity contribution in [1.82, 2.24) is 5.32 Å². The van der Waals surface area contributed by atoms with E-state index in [4.69, 9.17) is 5.73 Å². The number of carbonyl (C=O) groups is 2. The molecule has 0 aromatic heterocycles. The average molecular weight is 216 g/mol. The molecule has 0 heterocycles. The Balaban J connectivity index is 4.16. The van der Waals surface area contributed by atoms with E-state index in [1.165, 1.54) is 0 Å². The van der Waals surface area contributed by atoms with Crippen LogP contribution in [-0.4, -0.2) is 29.1 Å². The predicted octanol–water partition coefficient (Wildman–Crippen LogP) is -0.227. The molecule has 4 N–H and O–H groups in total. The largest absolute Gasteiger partial charge is 0.383 e. The lowest BCUT2D eigenvalue weighted by atomic mass is 10.1. The van der Waals surface area contributed by atoms with Crippen molar-refractivity contribution in [2.45, 2.75) is 45.8 Å². The summed E-state index contributed by atoms with van der Waals surface area (Å²) < 4.78 is 0. The Morgan fingerprint density at radius 1 is 1.40 bits per heavy atom. The maximum absolute atomic E-state index is 11.4. The zero-order valence-electron chi connectivity index (χ0n) is 9.49. The predicted molar refractivity (Wildman–Crippen MR) is 56.9 cm³/mol. The van der Waals surface area contributed by atoms with Crippen LogP contribution in [0.15, 0.2) is 0 Å². The van der Waals surface area contributed by atoms with E-state index in [0.29, 0.717) is 12.8 Å². The smallest absolute Gasteiger partial charge is 0.249 e. The van der Waals surface area contributed by atoms with E-state index >= 15 is 0 Å². The molecule has 0 aliphatic heterocycles. The molecule has 0 fully saturated rings. The summed E-state index contributed by atoms with van der Waals surface area (Å²) in [6.45, 7) is 5.55. The number of carbonyl (C=O) groups excluding carboxylic acids is 2. The molecule has 2 atom stereocenters. The summed E-state index contributed by atoms with van der Waals surface area (Å²) in [7, 11) is 0. The average Bonchev–Trinajstić information content (AvgIpc) is 2.11. The van der Waals surface area contributed by atoms with Gasteiger partial charge >= 0.3 is 0 Å². The van der Waals surface area contributed by atoms with Gasteiger partial charge in [-0.3, -0.25) is 9.59 Å². The molecule has 0 aromatic carbocycles. The van der Waals surface area contributed by atoms with Crippen molar-refractivity contribution in [3.05, 3.63) is 0 Å². The Morgan fingerprint density at radius 2 is 1.93 bits per heavy atom. The highest BCUT2D eigenvalue weighted by Gasteiger charge is 2.21. The van der Waals surface area contributed by atoms with Gasteiger partial charge in [0, 0.05) is 0 Å². The number of hydrogen-bond donors (Lipinski definition) is 3. The second-order valence-corrected chi connectivity index (χ2v) is 4.02. The third-order valence-electron chi connectivity index (χ3n) is 2.07. The third-order valence-corrected chi connectivity index (χ3v) is 2.07. The Hall–Kier alpha value is -1.10. The summed E-state index contributed by atoms with van der Waals surface area (Å²) in [4.78, 5) is 22.2. The lowest BCUT2D eigenvalue weighted by molar-refractivity contribution is -0.133. The van der Waals surface area contributed by atoms with Crippen LogP contribution in [0.2, 0.25) is 0 Å². The first-order valence-electron chi connectivity index (χ1n) is 5.16. The van der Waals surface area contributed by atoms with Crippen LogP contribution in [0.5, 0.6) is 0 Å². The topological polar surface area (TPSA) is 92.4 Å². The summed E-state index contributed by atoms with van der Waals surface area (Å²) >= 11 is 0. The molecule has 0 aromatic rings. The summed E-state index contributed by atoms with van der Waals surface area (Å²) in [5, 5.41) is 11.9. The number of nitrogens with one attached hydrogen (secondary N) is 1. The van der Waals surface area contributed by atoms with E-state index in [1.54, 1.807) is 6.92 Å². The lowest BCUT2D eigenvalue weighted by Gasteiger charge is -2.17. The maximum Gasteiger partial charge on any atom is 0.249 e. The molecule has 0 saturated carbocycles. The molecule has 15 heavy (non-hydrogen) atoms. The van der Waals surface area contributed by atoms with Crippen molar-refractivity contribution in [2.24, 2.45) is 11.7 Å². The minimum Gasteiger partial charge on any atom is -0.383 e. The second kappa shape index (κ2) is 6.40. The van der Waals surface area contributed by atoms with Crippen LogP contribution >= 0.6 is 0 Å². The number of hydrogen-bond acceptors (Lipinski definition) is 3. The zero-order valence-corrected chi connectivity index (χ0v) is 9.49. The maximum atomic E-state index is 11.4. The molecular formula is C10H20N2O3. The molecule has 0 spiro atoms. The number of amides is 2. The number of primary amides is 1. The van der Waals surface area contributed by atoms with Gasteiger partial charge < -0.3 is 16.2 Å². The molecule has 0 unspecified atom stereocenters. The van der Waals surface area contributed by atoms with Crippen molar-refractivity contribution in [3.8, 4) is 0 Å². The highest BCUT2D eigenvalue weighted by molar-refractivity contribution is 5.88. The van der Waals surface area contributed by atoms with Crippen LogP contribution in [0, 0.1) is 5.92 Å². The van der Waals surface area contributed by atoms with Gasteiger partial charge in [0.05, 0.1) is 0 Å². The molecule has 0 radical (unpaired) electrons. The minimum absolute atomic E-state index is 0.222. The fourth-order valence-electron chi connectivity index (χ4n) is 1.20. The SMILES string of the molecule is CC[C@H](NC(=O)[C@H](O)CC(C)C)C(N)=O. The van der Waals surface area contributed by atoms with E-state index in [9.17, 15) is 14.7 Å². The molecule has 0 rings (SSSR count). The number of rotatable bonds is 6. The van der Waals surface area contributed by atoms with Gasteiger partial charge in [0.25, 0.3) is 0 Å². The van der Waals surface area contributed by atoms with E-state index in [-0.39, 0.29) is 5.92 Å². The molecule has 0 saturated heterocycles. The number of aliphatic hydroxyl groups excluding tert-OH is 1. The van der Waals surface area contributed by atoms with Crippen LogP contribution in [-0.2, 0) is 9.59 Å². The van der Waals surface area contributed by atoms with Crippen molar-refractivity contribution >= 4 is 11.8 Å². The fourth-order valence-corrected chi connectivity index (χ4v) is 1.20. The first-order chi connectivity index (χ1) is 6.88. The molecule has 0 aliphatic rings. The third kappa shape index (κ3) is 5.37. The van der Waals surface area contributed by atoms with Gasteiger partial charge in [-0.1, -0.05) is 20.8 Å². The summed E-state index contributed by atoms with van der Waals surface area (Å²) in [5.41, 5.74) is 5.06. The lowest BCUT2D eigenvalue weighted by Crippen LogP contribution is -2.47.